The molecule has 0 atom stereocenters. The Balaban J connectivity index is 3.00. The summed E-state index contributed by atoms with van der Waals surface area (Å²) in [7, 11) is 1.42. The smallest absolute Gasteiger partial charge is 0.260 e. The van der Waals surface area contributed by atoms with Crippen molar-refractivity contribution in [2.24, 2.45) is 0 Å². The van der Waals surface area contributed by atoms with Gasteiger partial charge in [-0.25, -0.2) is 0 Å². The van der Waals surface area contributed by atoms with E-state index >= 15 is 0 Å². The molecule has 0 saturated carbocycles. The average molecular weight is 124 g/mol. The van der Waals surface area contributed by atoms with Gasteiger partial charge in [0.15, 0.2) is 0 Å². The average Bonchev–Trinajstić information content (AvgIpc) is 1.68. The molecule has 0 heterocycles. The third-order valence-corrected chi connectivity index (χ3v) is 0.592. The van der Waals surface area contributed by atoms with Gasteiger partial charge in [0.25, 0.3) is 5.91 Å². The van der Waals surface area contributed by atoms with Crippen molar-refractivity contribution in [2.45, 2.75) is 0 Å². The number of hydrogen-bond acceptors (Lipinski definition) is 2. The molecule has 4 heteroatoms. The Morgan fingerprint density at radius 3 is 2.71 bits per heavy atom. The SMILES string of the molecule is COCC(=O)NCl. The molecule has 0 aromatic rings. The van der Waals surface area contributed by atoms with Crippen LogP contribution in [-0.2, 0) is 9.53 Å². The predicted molar refractivity (Wildman–Crippen MR) is 25.9 cm³/mol. The lowest BCUT2D eigenvalue weighted by Gasteiger charge is -1.90. The van der Waals surface area contributed by atoms with Gasteiger partial charge >= 0.3 is 0 Å². The number of ether oxygens (including phenoxy) is 1. The Bertz CT molecular complexity index is 66.0. The zero-order chi connectivity index (χ0) is 5.70. The first-order valence-electron chi connectivity index (χ1n) is 1.69. The largest absolute Gasteiger partial charge is 0.375 e. The Morgan fingerprint density at radius 1 is 2.00 bits per heavy atom. The van der Waals surface area contributed by atoms with E-state index in [-0.39, 0.29) is 12.5 Å². The molecule has 0 spiro atoms. The van der Waals surface area contributed by atoms with E-state index in [1.807, 2.05) is 4.84 Å². The van der Waals surface area contributed by atoms with Crippen molar-refractivity contribution in [1.29, 1.82) is 0 Å². The lowest BCUT2D eigenvalue weighted by Crippen LogP contribution is -2.17. The molecule has 0 unspecified atom stereocenters. The minimum atomic E-state index is -0.329. The Kier molecular flexibility index (Phi) is 3.74. The van der Waals surface area contributed by atoms with E-state index in [4.69, 9.17) is 11.8 Å². The van der Waals surface area contributed by atoms with E-state index in [2.05, 4.69) is 4.74 Å². The minimum absolute atomic E-state index is 0.0174. The first-order valence-corrected chi connectivity index (χ1v) is 2.07. The lowest BCUT2D eigenvalue weighted by molar-refractivity contribution is -0.122. The summed E-state index contributed by atoms with van der Waals surface area (Å²) in [4.78, 5) is 11.9. The maximum Gasteiger partial charge on any atom is 0.260 e. The summed E-state index contributed by atoms with van der Waals surface area (Å²) in [5.74, 6) is -0.329. The highest BCUT2D eigenvalue weighted by molar-refractivity contribution is 6.21. The third kappa shape index (κ3) is 3.55. The number of hydrogen-bond donors (Lipinski definition) is 1. The van der Waals surface area contributed by atoms with Gasteiger partial charge in [0.1, 0.15) is 6.61 Å². The second-order valence-electron chi connectivity index (χ2n) is 0.951. The summed E-state index contributed by atoms with van der Waals surface area (Å²) in [6.45, 7) is 0.0174. The minimum Gasteiger partial charge on any atom is -0.375 e. The van der Waals surface area contributed by atoms with Crippen LogP contribution in [0.3, 0.4) is 0 Å². The molecule has 0 saturated heterocycles. The molecule has 7 heavy (non-hydrogen) atoms. The molecule has 42 valence electrons. The zero-order valence-electron chi connectivity index (χ0n) is 3.90. The zero-order valence-corrected chi connectivity index (χ0v) is 4.66. The molecule has 1 amide bonds. The summed E-state index contributed by atoms with van der Waals surface area (Å²) in [5, 5.41) is 0. The van der Waals surface area contributed by atoms with Gasteiger partial charge < -0.3 is 4.74 Å². The second-order valence-corrected chi connectivity index (χ2v) is 1.14. The maximum absolute atomic E-state index is 10.0. The van der Waals surface area contributed by atoms with E-state index < -0.39 is 0 Å². The molecule has 0 radical (unpaired) electrons. The van der Waals surface area contributed by atoms with Gasteiger partial charge in [0.2, 0.25) is 0 Å². The van der Waals surface area contributed by atoms with Crippen molar-refractivity contribution < 1.29 is 9.53 Å². The fourth-order valence-electron chi connectivity index (χ4n) is 0.158. The quantitative estimate of drug-likeness (QED) is 0.521. The highest BCUT2D eigenvalue weighted by atomic mass is 35.5. The molecule has 0 aliphatic rings. The predicted octanol–water partition coefficient (Wildman–Crippen LogP) is -0.0972. The molecule has 0 aromatic heterocycles. The van der Waals surface area contributed by atoms with Crippen LogP contribution in [0, 0.1) is 0 Å². The van der Waals surface area contributed by atoms with Crippen LogP contribution < -0.4 is 4.84 Å². The number of nitrogens with one attached hydrogen (secondary N) is 1. The van der Waals surface area contributed by atoms with Crippen LogP contribution in [0.4, 0.5) is 0 Å². The van der Waals surface area contributed by atoms with E-state index in [0.29, 0.717) is 0 Å². The third-order valence-electron chi connectivity index (χ3n) is 0.381. The topological polar surface area (TPSA) is 38.3 Å². The molecule has 0 aliphatic heterocycles. The van der Waals surface area contributed by atoms with Crippen LogP contribution in [0.5, 0.6) is 0 Å². The molecule has 0 rings (SSSR count). The fraction of sp³-hybridized carbons (Fsp3) is 0.667. The highest BCUT2D eigenvalue weighted by Gasteiger charge is 1.92. The molecule has 0 aliphatic carbocycles. The van der Waals surface area contributed by atoms with Crippen molar-refractivity contribution >= 4 is 17.7 Å². The summed E-state index contributed by atoms with van der Waals surface area (Å²) in [6, 6.07) is 0. The van der Waals surface area contributed by atoms with Crippen LogP contribution in [0.1, 0.15) is 0 Å². The Hall–Kier alpha value is -0.280. The van der Waals surface area contributed by atoms with Gasteiger partial charge in [-0.2, -0.15) is 0 Å². The summed E-state index contributed by atoms with van der Waals surface area (Å²) in [5.41, 5.74) is 0. The molecule has 0 aromatic carbocycles. The fourth-order valence-corrected chi connectivity index (χ4v) is 0.213. The number of halogens is 1. The van der Waals surface area contributed by atoms with Crippen molar-refractivity contribution in [2.75, 3.05) is 13.7 Å². The van der Waals surface area contributed by atoms with E-state index in [1.165, 1.54) is 7.11 Å². The van der Waals surface area contributed by atoms with E-state index in [0.717, 1.165) is 0 Å². The van der Waals surface area contributed by atoms with Crippen molar-refractivity contribution in [3.05, 3.63) is 0 Å². The molecule has 0 fully saturated rings. The molecular formula is C3H6ClNO2. The number of carbonyl (C=O) groups is 1. The van der Waals surface area contributed by atoms with Crippen LogP contribution in [-0.4, -0.2) is 19.6 Å². The Labute approximate surface area is 46.7 Å². The number of amides is 1. The van der Waals surface area contributed by atoms with Gasteiger partial charge in [-0.05, 0) is 0 Å². The Morgan fingerprint density at radius 2 is 2.57 bits per heavy atom. The summed E-state index contributed by atoms with van der Waals surface area (Å²) < 4.78 is 4.40. The summed E-state index contributed by atoms with van der Waals surface area (Å²) in [6.07, 6.45) is 0. The van der Waals surface area contributed by atoms with Crippen LogP contribution >= 0.6 is 11.8 Å². The standard InChI is InChI=1S/C3H6ClNO2/c1-7-2-3(6)5-4/h2H2,1H3,(H,5,6). The maximum atomic E-state index is 10.0. The first-order chi connectivity index (χ1) is 3.31. The number of methoxy groups -OCH3 is 1. The van der Waals surface area contributed by atoms with Gasteiger partial charge in [-0.1, -0.05) is 0 Å². The van der Waals surface area contributed by atoms with Crippen molar-refractivity contribution in [3.8, 4) is 0 Å². The van der Waals surface area contributed by atoms with Crippen LogP contribution in [0.25, 0.3) is 0 Å². The van der Waals surface area contributed by atoms with Crippen LogP contribution in [0.15, 0.2) is 0 Å². The van der Waals surface area contributed by atoms with Crippen molar-refractivity contribution in [1.82, 2.24) is 4.84 Å². The normalized spacial score (nSPS) is 8.29. The van der Waals surface area contributed by atoms with Gasteiger partial charge in [-0.3, -0.25) is 9.63 Å². The monoisotopic (exact) mass is 123 g/mol. The lowest BCUT2D eigenvalue weighted by atomic mass is 10.7. The van der Waals surface area contributed by atoms with Gasteiger partial charge in [-0.15, -0.1) is 0 Å². The highest BCUT2D eigenvalue weighted by Crippen LogP contribution is 1.68. The number of carbonyl (C=O) groups excluding carboxylic acids is 1. The van der Waals surface area contributed by atoms with Gasteiger partial charge in [0.05, 0.1) is 0 Å². The van der Waals surface area contributed by atoms with Crippen LogP contribution in [0.2, 0.25) is 0 Å². The number of rotatable bonds is 2. The second kappa shape index (κ2) is 3.89. The molecule has 3 nitrogen and oxygen atoms in total. The summed E-state index contributed by atoms with van der Waals surface area (Å²) >= 11 is 4.85. The van der Waals surface area contributed by atoms with Gasteiger partial charge in [0, 0.05) is 18.9 Å². The van der Waals surface area contributed by atoms with E-state index in [1.54, 1.807) is 0 Å². The van der Waals surface area contributed by atoms with E-state index in [9.17, 15) is 4.79 Å². The molecule has 1 N–H and O–H groups in total. The molecular weight excluding hydrogens is 117 g/mol. The van der Waals surface area contributed by atoms with Crippen molar-refractivity contribution in [3.63, 3.8) is 0 Å². The molecule has 0 bridgehead atoms. The first kappa shape index (κ1) is 6.72.